The molecule has 2 N–H and O–H groups in total. The summed E-state index contributed by atoms with van der Waals surface area (Å²) in [6.07, 6.45) is 3.35. The number of pyridine rings is 1. The number of rotatable bonds is 6. The van der Waals surface area contributed by atoms with Crippen LogP contribution in [-0.2, 0) is 13.1 Å². The second-order valence-corrected chi connectivity index (χ2v) is 7.67. The first-order chi connectivity index (χ1) is 16.6. The van der Waals surface area contributed by atoms with Crippen LogP contribution in [0.15, 0.2) is 83.9 Å². The van der Waals surface area contributed by atoms with Crippen LogP contribution in [0.5, 0.6) is 0 Å². The Balaban J connectivity index is 1.39. The summed E-state index contributed by atoms with van der Waals surface area (Å²) < 4.78 is 14.5. The van der Waals surface area contributed by atoms with Crippen LogP contribution in [0.25, 0.3) is 22.0 Å². The second-order valence-electron chi connectivity index (χ2n) is 7.67. The van der Waals surface area contributed by atoms with Gasteiger partial charge in [0.15, 0.2) is 0 Å². The minimum Gasteiger partial charge on any atom is -0.345 e. The van der Waals surface area contributed by atoms with E-state index >= 15 is 0 Å². The van der Waals surface area contributed by atoms with Crippen molar-refractivity contribution in [3.05, 3.63) is 112 Å². The molecule has 9 heteroatoms. The van der Waals surface area contributed by atoms with Gasteiger partial charge in [-0.15, -0.1) is 0 Å². The summed E-state index contributed by atoms with van der Waals surface area (Å²) in [4.78, 5) is 29.8. The maximum atomic E-state index is 13.2. The molecule has 2 aromatic carbocycles. The number of amides is 1. The van der Waals surface area contributed by atoms with Crippen LogP contribution in [0.1, 0.15) is 21.7 Å². The molecule has 0 aliphatic carbocycles. The molecule has 0 aliphatic heterocycles. The fraction of sp³-hybridized carbons (Fsp3) is 0.0800. The summed E-state index contributed by atoms with van der Waals surface area (Å²) in [5.74, 6) is -0.724. The van der Waals surface area contributed by atoms with E-state index in [0.29, 0.717) is 27.7 Å². The molecule has 0 unspecified atom stereocenters. The van der Waals surface area contributed by atoms with Crippen LogP contribution in [0, 0.1) is 5.82 Å². The summed E-state index contributed by atoms with van der Waals surface area (Å²) in [5.41, 5.74) is 2.66. The van der Waals surface area contributed by atoms with Crippen LogP contribution >= 0.6 is 0 Å². The van der Waals surface area contributed by atoms with Crippen molar-refractivity contribution in [3.8, 4) is 11.3 Å². The molecule has 0 saturated heterocycles. The first-order valence-electron chi connectivity index (χ1n) is 10.6. The molecular weight excluding hydrogens is 435 g/mol. The Bertz CT molecular complexity index is 1530. The van der Waals surface area contributed by atoms with Crippen molar-refractivity contribution >= 4 is 16.7 Å². The van der Waals surface area contributed by atoms with Gasteiger partial charge in [0.25, 0.3) is 11.5 Å². The highest BCUT2D eigenvalue weighted by Gasteiger charge is 2.15. The molecule has 0 spiro atoms. The largest absolute Gasteiger partial charge is 0.345 e. The quantitative estimate of drug-likeness (QED) is 0.410. The molecule has 168 valence electrons. The van der Waals surface area contributed by atoms with Crippen molar-refractivity contribution in [1.29, 1.82) is 0 Å². The Hall–Kier alpha value is -4.66. The average molecular weight is 454 g/mol. The monoisotopic (exact) mass is 454 g/mol. The van der Waals surface area contributed by atoms with E-state index in [2.05, 4.69) is 25.6 Å². The fourth-order valence-electron chi connectivity index (χ4n) is 3.67. The van der Waals surface area contributed by atoms with Gasteiger partial charge < -0.3 is 5.32 Å². The van der Waals surface area contributed by atoms with Crippen molar-refractivity contribution in [3.63, 3.8) is 0 Å². The molecule has 5 rings (SSSR count). The summed E-state index contributed by atoms with van der Waals surface area (Å²) in [6.45, 7) is 0.373. The first kappa shape index (κ1) is 21.2. The zero-order valence-corrected chi connectivity index (χ0v) is 17.9. The minimum absolute atomic E-state index is 0.109. The number of nitrogens with zero attached hydrogens (tertiary/aromatic N) is 4. The number of halogens is 1. The molecule has 0 fully saturated rings. The zero-order valence-electron chi connectivity index (χ0n) is 17.9. The lowest BCUT2D eigenvalue weighted by Crippen LogP contribution is -2.29. The Morgan fingerprint density at radius 1 is 1.03 bits per heavy atom. The number of aromatic amines is 1. The van der Waals surface area contributed by atoms with Gasteiger partial charge in [0.1, 0.15) is 11.5 Å². The molecule has 34 heavy (non-hydrogen) atoms. The highest BCUT2D eigenvalue weighted by atomic mass is 19.1. The molecule has 0 saturated carbocycles. The van der Waals surface area contributed by atoms with E-state index in [1.54, 1.807) is 48.8 Å². The maximum Gasteiger partial charge on any atom is 0.274 e. The van der Waals surface area contributed by atoms with E-state index in [9.17, 15) is 14.0 Å². The van der Waals surface area contributed by atoms with Gasteiger partial charge in [0.2, 0.25) is 0 Å². The predicted octanol–water partition coefficient (Wildman–Crippen LogP) is 3.30. The van der Waals surface area contributed by atoms with E-state index in [-0.39, 0.29) is 36.1 Å². The summed E-state index contributed by atoms with van der Waals surface area (Å²) in [6, 6.07) is 18.3. The van der Waals surface area contributed by atoms with Gasteiger partial charge in [0, 0.05) is 23.3 Å². The highest BCUT2D eigenvalue weighted by Crippen LogP contribution is 2.18. The second kappa shape index (κ2) is 9.07. The Morgan fingerprint density at radius 3 is 2.59 bits per heavy atom. The third kappa shape index (κ3) is 4.31. The van der Waals surface area contributed by atoms with E-state index in [0.717, 1.165) is 5.56 Å². The topological polar surface area (TPSA) is 106 Å². The Labute approximate surface area is 193 Å². The number of hydrogen-bond acceptors (Lipinski definition) is 5. The number of hydrogen-bond donors (Lipinski definition) is 2. The molecule has 0 bridgehead atoms. The number of aromatic nitrogens is 5. The lowest BCUT2D eigenvalue weighted by Gasteiger charge is -2.11. The van der Waals surface area contributed by atoms with Crippen molar-refractivity contribution in [2.75, 3.05) is 0 Å². The lowest BCUT2D eigenvalue weighted by molar-refractivity contribution is 0.0945. The van der Waals surface area contributed by atoms with Gasteiger partial charge >= 0.3 is 0 Å². The molecule has 5 aromatic rings. The van der Waals surface area contributed by atoms with Crippen molar-refractivity contribution in [2.24, 2.45) is 0 Å². The van der Waals surface area contributed by atoms with Crippen molar-refractivity contribution in [2.45, 2.75) is 13.1 Å². The van der Waals surface area contributed by atoms with Crippen LogP contribution in [0.2, 0.25) is 0 Å². The SMILES string of the molecule is O=C(NCc1nn(Cc2cccnc2)c(=O)c2ccccc12)c1cc(-c2ccc(F)cc2)n[nH]1. The normalized spacial score (nSPS) is 11.0. The number of carbonyl (C=O) groups is 1. The molecule has 3 aromatic heterocycles. The van der Waals surface area contributed by atoms with Gasteiger partial charge in [-0.25, -0.2) is 9.07 Å². The van der Waals surface area contributed by atoms with Crippen LogP contribution in [0.4, 0.5) is 4.39 Å². The van der Waals surface area contributed by atoms with Crippen LogP contribution in [-0.4, -0.2) is 30.9 Å². The molecule has 8 nitrogen and oxygen atoms in total. The van der Waals surface area contributed by atoms with Crippen LogP contribution in [0.3, 0.4) is 0 Å². The Morgan fingerprint density at radius 2 is 1.82 bits per heavy atom. The van der Waals surface area contributed by atoms with Gasteiger partial charge in [-0.2, -0.15) is 10.2 Å². The van der Waals surface area contributed by atoms with Crippen LogP contribution < -0.4 is 10.9 Å². The number of nitrogens with one attached hydrogen (secondary N) is 2. The van der Waals surface area contributed by atoms with Gasteiger partial charge in [-0.05, 0) is 48.0 Å². The molecular formula is C25H19FN6O2. The number of benzene rings is 2. The smallest absolute Gasteiger partial charge is 0.274 e. The van der Waals surface area contributed by atoms with Crippen molar-refractivity contribution in [1.82, 2.24) is 30.3 Å². The molecule has 0 radical (unpaired) electrons. The molecule has 1 amide bonds. The van der Waals surface area contributed by atoms with Gasteiger partial charge in [-0.1, -0.05) is 24.3 Å². The maximum absolute atomic E-state index is 13.2. The van der Waals surface area contributed by atoms with Gasteiger partial charge in [-0.3, -0.25) is 19.7 Å². The number of fused-ring (bicyclic) bond motifs is 1. The summed E-state index contributed by atoms with van der Waals surface area (Å²) >= 11 is 0. The third-order valence-corrected chi connectivity index (χ3v) is 5.38. The molecule has 3 heterocycles. The Kier molecular flexibility index (Phi) is 5.65. The molecule has 0 atom stereocenters. The van der Waals surface area contributed by atoms with E-state index in [4.69, 9.17) is 0 Å². The average Bonchev–Trinajstić information content (AvgIpc) is 3.36. The van der Waals surface area contributed by atoms with Crippen molar-refractivity contribution < 1.29 is 9.18 Å². The molecule has 0 aliphatic rings. The summed E-state index contributed by atoms with van der Waals surface area (Å²) in [5, 5.41) is 15.4. The van der Waals surface area contributed by atoms with E-state index < -0.39 is 0 Å². The third-order valence-electron chi connectivity index (χ3n) is 5.38. The predicted molar refractivity (Wildman–Crippen MR) is 124 cm³/mol. The summed E-state index contributed by atoms with van der Waals surface area (Å²) in [7, 11) is 0. The fourth-order valence-corrected chi connectivity index (χ4v) is 3.67. The number of H-pyrrole nitrogens is 1. The van der Waals surface area contributed by atoms with Gasteiger partial charge in [0.05, 0.1) is 29.9 Å². The standard InChI is InChI=1S/C25H19FN6O2/c26-18-9-7-17(8-10-18)21-12-22(30-29-21)24(33)28-14-23-19-5-1-2-6-20(19)25(34)32(31-23)15-16-4-3-11-27-13-16/h1-13H,14-15H2,(H,28,33)(H,29,30). The zero-order chi connectivity index (χ0) is 23.5. The number of carbonyl (C=O) groups excluding carboxylic acids is 1. The lowest BCUT2D eigenvalue weighted by atomic mass is 10.1. The highest BCUT2D eigenvalue weighted by molar-refractivity contribution is 5.93. The first-order valence-corrected chi connectivity index (χ1v) is 10.6. The van der Waals surface area contributed by atoms with E-state index in [1.165, 1.54) is 16.8 Å². The van der Waals surface area contributed by atoms with E-state index in [1.807, 2.05) is 18.2 Å². The minimum atomic E-state index is -0.378.